The summed E-state index contributed by atoms with van der Waals surface area (Å²) in [7, 11) is 1.62. The molecule has 0 saturated carbocycles. The van der Waals surface area contributed by atoms with Gasteiger partial charge in [0.15, 0.2) is 0 Å². The van der Waals surface area contributed by atoms with Gasteiger partial charge in [-0.05, 0) is 6.42 Å². The smallest absolute Gasteiger partial charge is 0.132 e. The summed E-state index contributed by atoms with van der Waals surface area (Å²) in [5.74, 6) is 0.512. The fourth-order valence-corrected chi connectivity index (χ4v) is 5.42. The van der Waals surface area contributed by atoms with Gasteiger partial charge in [0.1, 0.15) is 29.9 Å². The second-order valence-corrected chi connectivity index (χ2v) is 10.7. The fourth-order valence-electron chi connectivity index (χ4n) is 4.20. The molecule has 0 spiro atoms. The van der Waals surface area contributed by atoms with Crippen LogP contribution in [0.15, 0.2) is 0 Å². The third kappa shape index (κ3) is 14.0. The van der Waals surface area contributed by atoms with E-state index in [0.29, 0.717) is 19.0 Å². The van der Waals surface area contributed by atoms with Gasteiger partial charge in [0.05, 0.1) is 19.3 Å². The molecule has 8 heteroatoms. The van der Waals surface area contributed by atoms with Crippen LogP contribution in [0.5, 0.6) is 0 Å². The molecule has 0 aromatic carbocycles. The lowest BCUT2D eigenvalue weighted by atomic mass is 10.0. The van der Waals surface area contributed by atoms with Gasteiger partial charge in [-0.1, -0.05) is 90.4 Å². The molecule has 0 unspecified atom stereocenters. The van der Waals surface area contributed by atoms with Crippen LogP contribution < -0.4 is 0 Å². The zero-order chi connectivity index (χ0) is 25.0. The van der Waals surface area contributed by atoms with Crippen molar-refractivity contribution in [1.82, 2.24) is 0 Å². The Kier molecular flexibility index (Phi) is 20.0. The molecule has 1 aliphatic rings. The Morgan fingerprint density at radius 1 is 0.765 bits per heavy atom. The number of hydrogen-bond donors (Lipinski definition) is 4. The Morgan fingerprint density at radius 3 is 1.79 bits per heavy atom. The van der Waals surface area contributed by atoms with Gasteiger partial charge >= 0.3 is 0 Å². The number of unbranched alkanes of at least 4 members (excludes halogenated alkanes) is 13. The van der Waals surface area contributed by atoms with Crippen LogP contribution in [-0.2, 0) is 14.2 Å². The second kappa shape index (κ2) is 21.2. The molecule has 7 nitrogen and oxygen atoms in total. The number of aliphatic hydroxyl groups is 4. The van der Waals surface area contributed by atoms with E-state index in [0.717, 1.165) is 6.42 Å². The van der Waals surface area contributed by atoms with Crippen molar-refractivity contribution in [2.75, 3.05) is 32.7 Å². The van der Waals surface area contributed by atoms with Crippen LogP contribution in [0.1, 0.15) is 96.8 Å². The molecule has 0 aliphatic carbocycles. The van der Waals surface area contributed by atoms with Gasteiger partial charge in [-0.25, -0.2) is 0 Å². The van der Waals surface area contributed by atoms with E-state index in [1.165, 1.54) is 95.2 Å². The summed E-state index contributed by atoms with van der Waals surface area (Å²) in [6.45, 7) is 3.02. The Bertz CT molecular complexity index is 455. The van der Waals surface area contributed by atoms with Gasteiger partial charge in [-0.3, -0.25) is 0 Å². The van der Waals surface area contributed by atoms with Crippen LogP contribution in [0.4, 0.5) is 0 Å². The molecular formula is C26H52O7S. The first-order valence-electron chi connectivity index (χ1n) is 13.6. The average molecular weight is 509 g/mol. The van der Waals surface area contributed by atoms with Crippen molar-refractivity contribution in [3.05, 3.63) is 0 Å². The van der Waals surface area contributed by atoms with Crippen molar-refractivity contribution in [2.24, 2.45) is 0 Å². The van der Waals surface area contributed by atoms with Crippen molar-refractivity contribution >= 4 is 11.8 Å². The standard InChI is InChI=1S/C26H52O7S/c1-3-4-5-6-7-8-9-10-11-12-13-14-15-16-17-32-19-21(31-2)20-34-26-25(30)24(29)23(28)22(18-27)33-26/h21-30H,3-20H2,1-2H3/t21-,22+,23-,24+,25-,26-/m1/s1. The minimum Gasteiger partial charge on any atom is -0.394 e. The number of thioether (sulfide) groups is 1. The van der Waals surface area contributed by atoms with E-state index in [-0.39, 0.29) is 6.10 Å². The predicted octanol–water partition coefficient (Wildman–Crippen LogP) is 4.03. The second-order valence-electron chi connectivity index (χ2n) is 9.56. The van der Waals surface area contributed by atoms with Gasteiger partial charge in [0, 0.05) is 19.5 Å². The third-order valence-corrected chi connectivity index (χ3v) is 7.86. The first-order chi connectivity index (χ1) is 16.5. The topological polar surface area (TPSA) is 109 Å². The van der Waals surface area contributed by atoms with E-state index in [9.17, 15) is 20.4 Å². The molecule has 1 fully saturated rings. The van der Waals surface area contributed by atoms with E-state index in [4.69, 9.17) is 14.2 Å². The van der Waals surface area contributed by atoms with Gasteiger partial charge < -0.3 is 34.6 Å². The average Bonchev–Trinajstić information content (AvgIpc) is 2.85. The maximum atomic E-state index is 10.1. The Hall–Kier alpha value is 0.0700. The molecule has 0 aromatic rings. The van der Waals surface area contributed by atoms with Gasteiger partial charge in [0.25, 0.3) is 0 Å². The molecule has 204 valence electrons. The quantitative estimate of drug-likeness (QED) is 0.162. The van der Waals surface area contributed by atoms with Crippen molar-refractivity contribution in [3.63, 3.8) is 0 Å². The highest BCUT2D eigenvalue weighted by atomic mass is 32.2. The highest BCUT2D eigenvalue weighted by Gasteiger charge is 2.43. The van der Waals surface area contributed by atoms with E-state index in [1.807, 2.05) is 0 Å². The maximum Gasteiger partial charge on any atom is 0.132 e. The zero-order valence-electron chi connectivity index (χ0n) is 21.6. The van der Waals surface area contributed by atoms with E-state index in [2.05, 4.69) is 6.92 Å². The molecule has 34 heavy (non-hydrogen) atoms. The summed E-state index contributed by atoms with van der Waals surface area (Å²) in [4.78, 5) is 0. The molecule has 1 rings (SSSR count). The number of rotatable bonds is 22. The molecule has 1 saturated heterocycles. The van der Waals surface area contributed by atoms with Gasteiger partial charge in [0.2, 0.25) is 0 Å². The van der Waals surface area contributed by atoms with Crippen LogP contribution >= 0.6 is 11.8 Å². The predicted molar refractivity (Wildman–Crippen MR) is 138 cm³/mol. The highest BCUT2D eigenvalue weighted by molar-refractivity contribution is 7.99. The van der Waals surface area contributed by atoms with Crippen molar-refractivity contribution in [3.8, 4) is 0 Å². The van der Waals surface area contributed by atoms with Crippen molar-refractivity contribution < 1.29 is 34.6 Å². The van der Waals surface area contributed by atoms with Gasteiger partial charge in [-0.15, -0.1) is 11.8 Å². The number of ether oxygens (including phenoxy) is 3. The summed E-state index contributed by atoms with van der Waals surface area (Å²) in [6.07, 6.45) is 13.7. The lowest BCUT2D eigenvalue weighted by Crippen LogP contribution is -2.57. The molecule has 0 bridgehead atoms. The molecule has 1 heterocycles. The number of methoxy groups -OCH3 is 1. The highest BCUT2D eigenvalue weighted by Crippen LogP contribution is 2.29. The first-order valence-corrected chi connectivity index (χ1v) is 14.6. The summed E-state index contributed by atoms with van der Waals surface area (Å²) < 4.78 is 16.7. The third-order valence-electron chi connectivity index (χ3n) is 6.57. The molecule has 4 N–H and O–H groups in total. The Morgan fingerprint density at radius 2 is 1.29 bits per heavy atom. The lowest BCUT2D eigenvalue weighted by Gasteiger charge is -2.39. The van der Waals surface area contributed by atoms with Crippen molar-refractivity contribution in [2.45, 2.75) is 133 Å². The molecule has 0 aromatic heterocycles. The first kappa shape index (κ1) is 32.1. The fraction of sp³-hybridized carbons (Fsp3) is 1.00. The number of aliphatic hydroxyl groups excluding tert-OH is 4. The molecular weight excluding hydrogens is 456 g/mol. The van der Waals surface area contributed by atoms with E-state index < -0.39 is 36.5 Å². The summed E-state index contributed by atoms with van der Waals surface area (Å²) in [6, 6.07) is 0. The molecule has 0 radical (unpaired) electrons. The summed E-state index contributed by atoms with van der Waals surface area (Å²) in [5, 5.41) is 39.2. The van der Waals surface area contributed by atoms with Crippen LogP contribution in [0.2, 0.25) is 0 Å². The largest absolute Gasteiger partial charge is 0.394 e. The van der Waals surface area contributed by atoms with Gasteiger partial charge in [-0.2, -0.15) is 0 Å². The van der Waals surface area contributed by atoms with Crippen LogP contribution in [0.25, 0.3) is 0 Å². The SMILES string of the molecule is CCCCCCCCCCCCCCCCOC[C@H](CS[C@H]1O[C@@H](CO)[C@@H](O)[C@H](O)[C@H]1O)OC. The Labute approximate surface area is 211 Å². The summed E-state index contributed by atoms with van der Waals surface area (Å²) >= 11 is 1.29. The van der Waals surface area contributed by atoms with Crippen LogP contribution in [0.3, 0.4) is 0 Å². The lowest BCUT2D eigenvalue weighted by molar-refractivity contribution is -0.205. The molecule has 1 aliphatic heterocycles. The maximum absolute atomic E-state index is 10.1. The van der Waals surface area contributed by atoms with Crippen molar-refractivity contribution in [1.29, 1.82) is 0 Å². The zero-order valence-corrected chi connectivity index (χ0v) is 22.4. The Balaban J connectivity index is 1.97. The molecule has 0 amide bonds. The van der Waals surface area contributed by atoms with Crippen LogP contribution in [0, 0.1) is 0 Å². The van der Waals surface area contributed by atoms with E-state index >= 15 is 0 Å². The normalized spacial score (nSPS) is 26.1. The molecule has 6 atom stereocenters. The minimum atomic E-state index is -1.35. The van der Waals surface area contributed by atoms with Crippen LogP contribution in [-0.4, -0.2) is 89.1 Å². The minimum absolute atomic E-state index is 0.163. The number of hydrogen-bond acceptors (Lipinski definition) is 8. The monoisotopic (exact) mass is 508 g/mol. The summed E-state index contributed by atoms with van der Waals surface area (Å²) in [5.41, 5.74) is -0.737. The van der Waals surface area contributed by atoms with E-state index in [1.54, 1.807) is 7.11 Å².